The molecule has 3 rings (SSSR count). The summed E-state index contributed by atoms with van der Waals surface area (Å²) in [6, 6.07) is 7.09. The Morgan fingerprint density at radius 3 is 2.76 bits per heavy atom. The van der Waals surface area contributed by atoms with Crippen molar-refractivity contribution in [3.05, 3.63) is 28.8 Å². The second kappa shape index (κ2) is 6.99. The Balaban J connectivity index is 1.71. The van der Waals surface area contributed by atoms with E-state index in [1.165, 1.54) is 43.5 Å². The minimum atomic E-state index is 0.740. The second-order valence-corrected chi connectivity index (χ2v) is 6.71. The van der Waals surface area contributed by atoms with Crippen molar-refractivity contribution in [1.82, 2.24) is 5.32 Å². The Hall–Kier alpha value is -0.770. The fraction of sp³-hybridized carbons (Fsp3) is 0.647. The van der Waals surface area contributed by atoms with Crippen molar-refractivity contribution in [2.75, 3.05) is 31.7 Å². The summed E-state index contributed by atoms with van der Waals surface area (Å²) in [7, 11) is 1.73. The van der Waals surface area contributed by atoms with Crippen LogP contribution in [0.15, 0.2) is 18.2 Å². The first-order chi connectivity index (χ1) is 10.3. The van der Waals surface area contributed by atoms with Crippen LogP contribution < -0.4 is 10.2 Å². The number of nitrogens with zero attached hydrogens (tertiary/aromatic N) is 1. The molecule has 2 fully saturated rings. The highest BCUT2D eigenvalue weighted by Crippen LogP contribution is 2.39. The number of anilines is 1. The van der Waals surface area contributed by atoms with Gasteiger partial charge in [-0.2, -0.15) is 0 Å². The van der Waals surface area contributed by atoms with Gasteiger partial charge in [0.1, 0.15) is 0 Å². The van der Waals surface area contributed by atoms with Crippen LogP contribution in [0.25, 0.3) is 0 Å². The van der Waals surface area contributed by atoms with Crippen LogP contribution in [-0.4, -0.2) is 32.8 Å². The zero-order chi connectivity index (χ0) is 14.7. The molecule has 1 N–H and O–H groups in total. The van der Waals surface area contributed by atoms with Crippen molar-refractivity contribution < 1.29 is 4.74 Å². The molecule has 2 aliphatic rings. The van der Waals surface area contributed by atoms with Crippen molar-refractivity contribution >= 4 is 17.3 Å². The monoisotopic (exact) mass is 308 g/mol. The largest absolute Gasteiger partial charge is 0.383 e. The van der Waals surface area contributed by atoms with Gasteiger partial charge < -0.3 is 15.0 Å². The lowest BCUT2D eigenvalue weighted by atomic mass is 10.1. The molecule has 1 aromatic carbocycles. The Bertz CT molecular complexity index is 472. The fourth-order valence-electron chi connectivity index (χ4n) is 2.78. The van der Waals surface area contributed by atoms with Crippen LogP contribution >= 0.6 is 11.6 Å². The lowest BCUT2D eigenvalue weighted by molar-refractivity contribution is 0.199. The molecule has 0 bridgehead atoms. The van der Waals surface area contributed by atoms with Crippen LogP contribution in [0.4, 0.5) is 5.69 Å². The molecule has 0 radical (unpaired) electrons. The number of benzene rings is 1. The predicted molar refractivity (Wildman–Crippen MR) is 88.1 cm³/mol. The number of rotatable bonds is 9. The summed E-state index contributed by atoms with van der Waals surface area (Å²) < 4.78 is 5.09. The molecule has 2 saturated carbocycles. The number of ether oxygens (including phenoxy) is 1. The van der Waals surface area contributed by atoms with Crippen molar-refractivity contribution in [2.45, 2.75) is 38.3 Å². The number of hydrogen-bond acceptors (Lipinski definition) is 3. The molecule has 0 unspecified atom stereocenters. The average molecular weight is 309 g/mol. The van der Waals surface area contributed by atoms with Crippen molar-refractivity contribution in [3.8, 4) is 0 Å². The average Bonchev–Trinajstić information content (AvgIpc) is 3.36. The minimum absolute atomic E-state index is 0.740. The van der Waals surface area contributed by atoms with Crippen molar-refractivity contribution in [2.24, 2.45) is 5.92 Å². The Morgan fingerprint density at radius 1 is 1.29 bits per heavy atom. The van der Waals surface area contributed by atoms with Gasteiger partial charge >= 0.3 is 0 Å². The van der Waals surface area contributed by atoms with Crippen LogP contribution in [0.3, 0.4) is 0 Å². The van der Waals surface area contributed by atoms with Crippen LogP contribution in [-0.2, 0) is 11.3 Å². The van der Waals surface area contributed by atoms with Gasteiger partial charge in [0.15, 0.2) is 0 Å². The molecule has 0 amide bonds. The van der Waals surface area contributed by atoms with E-state index in [9.17, 15) is 0 Å². The van der Waals surface area contributed by atoms with Gasteiger partial charge in [-0.1, -0.05) is 11.6 Å². The highest BCUT2D eigenvalue weighted by atomic mass is 35.5. The first-order valence-corrected chi connectivity index (χ1v) is 8.40. The summed E-state index contributed by atoms with van der Waals surface area (Å²) in [4.78, 5) is 2.63. The van der Waals surface area contributed by atoms with E-state index in [0.29, 0.717) is 0 Å². The third kappa shape index (κ3) is 4.35. The van der Waals surface area contributed by atoms with Crippen molar-refractivity contribution in [3.63, 3.8) is 0 Å². The summed E-state index contributed by atoms with van der Waals surface area (Å²) in [6.07, 6.45) is 5.48. The second-order valence-electron chi connectivity index (χ2n) is 6.27. The topological polar surface area (TPSA) is 24.5 Å². The standard InChI is InChI=1S/C17H25ClN2O/c1-21-9-8-19-11-14-10-15(18)4-7-17(14)20(16-5-6-16)12-13-2-3-13/h4,7,10,13,16,19H,2-3,5-6,8-9,11-12H2,1H3. The van der Waals surface area contributed by atoms with Gasteiger partial charge in [-0.05, 0) is 55.4 Å². The number of nitrogens with one attached hydrogen (secondary N) is 1. The third-order valence-electron chi connectivity index (χ3n) is 4.29. The van der Waals surface area contributed by atoms with Crippen LogP contribution in [0, 0.1) is 5.92 Å². The first kappa shape index (κ1) is 15.1. The van der Waals surface area contributed by atoms with Crippen LogP contribution in [0.5, 0.6) is 0 Å². The van der Waals surface area contributed by atoms with Gasteiger partial charge in [-0.15, -0.1) is 0 Å². The number of methoxy groups -OCH3 is 1. The number of halogens is 1. The van der Waals surface area contributed by atoms with E-state index in [1.54, 1.807) is 7.11 Å². The molecule has 4 heteroatoms. The van der Waals surface area contributed by atoms with E-state index in [-0.39, 0.29) is 0 Å². The molecule has 0 heterocycles. The molecule has 1 aromatic rings. The summed E-state index contributed by atoms with van der Waals surface area (Å²) >= 11 is 6.20. The molecule has 2 aliphatic carbocycles. The molecule has 0 aliphatic heterocycles. The fourth-order valence-corrected chi connectivity index (χ4v) is 2.98. The van der Waals surface area contributed by atoms with Gasteiger partial charge in [0.05, 0.1) is 6.61 Å². The zero-order valence-corrected chi connectivity index (χ0v) is 13.5. The molecule has 0 atom stereocenters. The number of hydrogen-bond donors (Lipinski definition) is 1. The van der Waals surface area contributed by atoms with E-state index in [2.05, 4.69) is 22.3 Å². The van der Waals surface area contributed by atoms with E-state index in [0.717, 1.165) is 36.7 Å². The van der Waals surface area contributed by atoms with Gasteiger partial charge in [-0.25, -0.2) is 0 Å². The summed E-state index contributed by atoms with van der Waals surface area (Å²) in [6.45, 7) is 3.68. The molecular formula is C17H25ClN2O. The maximum atomic E-state index is 6.20. The first-order valence-electron chi connectivity index (χ1n) is 8.02. The van der Waals surface area contributed by atoms with Crippen LogP contribution in [0.1, 0.15) is 31.2 Å². The normalized spacial score (nSPS) is 18.0. The smallest absolute Gasteiger partial charge is 0.0587 e. The summed E-state index contributed by atoms with van der Waals surface area (Å²) in [5.74, 6) is 0.913. The lowest BCUT2D eigenvalue weighted by Crippen LogP contribution is -2.30. The Morgan fingerprint density at radius 2 is 2.10 bits per heavy atom. The third-order valence-corrected chi connectivity index (χ3v) is 4.52. The molecular weight excluding hydrogens is 284 g/mol. The van der Waals surface area contributed by atoms with E-state index >= 15 is 0 Å². The zero-order valence-electron chi connectivity index (χ0n) is 12.8. The molecule has 21 heavy (non-hydrogen) atoms. The lowest BCUT2D eigenvalue weighted by Gasteiger charge is -2.27. The molecule has 116 valence electrons. The van der Waals surface area contributed by atoms with Gasteiger partial charge in [0, 0.05) is 43.5 Å². The minimum Gasteiger partial charge on any atom is -0.383 e. The summed E-state index contributed by atoms with van der Waals surface area (Å²) in [5.41, 5.74) is 2.69. The molecule has 0 spiro atoms. The van der Waals surface area contributed by atoms with E-state index in [4.69, 9.17) is 16.3 Å². The van der Waals surface area contributed by atoms with Gasteiger partial charge in [0.25, 0.3) is 0 Å². The van der Waals surface area contributed by atoms with Gasteiger partial charge in [-0.3, -0.25) is 0 Å². The predicted octanol–water partition coefficient (Wildman–Crippen LogP) is 3.45. The van der Waals surface area contributed by atoms with Crippen LogP contribution in [0.2, 0.25) is 5.02 Å². The highest BCUT2D eigenvalue weighted by molar-refractivity contribution is 6.30. The molecule has 3 nitrogen and oxygen atoms in total. The van der Waals surface area contributed by atoms with Gasteiger partial charge in [0.2, 0.25) is 0 Å². The van der Waals surface area contributed by atoms with E-state index < -0.39 is 0 Å². The quantitative estimate of drug-likeness (QED) is 0.707. The Kier molecular flexibility index (Phi) is 5.04. The molecule has 0 saturated heterocycles. The van der Waals surface area contributed by atoms with E-state index in [1.807, 2.05) is 6.07 Å². The Labute approximate surface area is 132 Å². The maximum absolute atomic E-state index is 6.20. The maximum Gasteiger partial charge on any atom is 0.0587 e. The van der Waals surface area contributed by atoms with Crippen molar-refractivity contribution in [1.29, 1.82) is 0 Å². The SMILES string of the molecule is COCCNCc1cc(Cl)ccc1N(CC1CC1)C1CC1. The molecule has 0 aromatic heterocycles. The highest BCUT2D eigenvalue weighted by Gasteiger charge is 2.34. The summed E-state index contributed by atoms with van der Waals surface area (Å²) in [5, 5.41) is 4.27.